The van der Waals surface area contributed by atoms with Crippen molar-refractivity contribution in [2.24, 2.45) is 0 Å². The van der Waals surface area contributed by atoms with Crippen LogP contribution in [0.5, 0.6) is 5.75 Å². The number of likely N-dealkylation sites (tertiary alicyclic amines) is 1. The fourth-order valence-electron chi connectivity index (χ4n) is 5.17. The fraction of sp³-hybridized carbons (Fsp3) is 0.444. The summed E-state index contributed by atoms with van der Waals surface area (Å²) < 4.78 is 6.26. The Kier molecular flexibility index (Phi) is 6.91. The molecule has 1 aliphatic heterocycles. The van der Waals surface area contributed by atoms with E-state index in [0.29, 0.717) is 38.0 Å². The van der Waals surface area contributed by atoms with Crippen molar-refractivity contribution >= 4 is 23.5 Å². The van der Waals surface area contributed by atoms with Crippen molar-refractivity contribution in [1.29, 1.82) is 0 Å². The number of nitrogens with zero attached hydrogens (tertiary/aromatic N) is 1. The number of carboxylic acid groups (broad SMARTS) is 1. The zero-order chi connectivity index (χ0) is 24.3. The van der Waals surface area contributed by atoms with E-state index in [1.165, 1.54) is 4.90 Å². The first-order valence-corrected chi connectivity index (χ1v) is 12.0. The van der Waals surface area contributed by atoms with Crippen LogP contribution in [0.25, 0.3) is 0 Å². The van der Waals surface area contributed by atoms with Crippen LogP contribution in [0.2, 0.25) is 0 Å². The smallest absolute Gasteiger partial charge is 0.326 e. The molecule has 4 rings (SSSR count). The lowest BCUT2D eigenvalue weighted by molar-refractivity contribution is -0.156. The van der Waals surface area contributed by atoms with Gasteiger partial charge in [-0.15, -0.1) is 0 Å². The number of hydrogen-bond acceptors (Lipinski definition) is 4. The molecule has 1 saturated carbocycles. The van der Waals surface area contributed by atoms with Crippen molar-refractivity contribution in [2.45, 2.75) is 70.4 Å². The number of hydrogen-bond donors (Lipinski definition) is 2. The van der Waals surface area contributed by atoms with Gasteiger partial charge in [-0.2, -0.15) is 0 Å². The molecule has 7 heteroatoms. The van der Waals surface area contributed by atoms with Crippen molar-refractivity contribution in [3.8, 4) is 5.75 Å². The number of aliphatic carboxylic acids is 1. The van der Waals surface area contributed by atoms with E-state index in [0.717, 1.165) is 35.2 Å². The predicted octanol–water partition coefficient (Wildman–Crippen LogP) is 4.25. The maximum atomic E-state index is 13.4. The number of carboxylic acids is 1. The second kappa shape index (κ2) is 9.87. The second-order valence-electron chi connectivity index (χ2n) is 9.54. The van der Waals surface area contributed by atoms with Crippen LogP contribution in [0.1, 0.15) is 55.2 Å². The van der Waals surface area contributed by atoms with Crippen LogP contribution in [0.15, 0.2) is 42.5 Å². The number of nitrogens with one attached hydrogen (secondary N) is 1. The number of ether oxygens (including phenoxy) is 1. The zero-order valence-corrected chi connectivity index (χ0v) is 19.8. The van der Waals surface area contributed by atoms with Crippen LogP contribution in [0, 0.1) is 13.8 Å². The molecule has 2 aromatic rings. The number of carbonyl (C=O) groups excluding carboxylic acids is 2. The van der Waals surface area contributed by atoms with Crippen molar-refractivity contribution in [2.75, 3.05) is 11.9 Å². The monoisotopic (exact) mass is 464 g/mol. The summed E-state index contributed by atoms with van der Waals surface area (Å²) in [5.41, 5.74) is 2.80. The predicted molar refractivity (Wildman–Crippen MR) is 129 cm³/mol. The molecular formula is C27H32N2O5. The van der Waals surface area contributed by atoms with Crippen molar-refractivity contribution < 1.29 is 24.2 Å². The molecular weight excluding hydrogens is 432 g/mol. The molecule has 1 atom stereocenters. The third-order valence-corrected chi connectivity index (χ3v) is 6.71. The Balaban J connectivity index is 1.42. The third-order valence-electron chi connectivity index (χ3n) is 6.71. The molecule has 1 aliphatic carbocycles. The van der Waals surface area contributed by atoms with E-state index in [1.54, 1.807) is 12.1 Å². The Bertz CT molecular complexity index is 1050. The van der Waals surface area contributed by atoms with Gasteiger partial charge in [0.25, 0.3) is 5.91 Å². The zero-order valence-electron chi connectivity index (χ0n) is 19.8. The summed E-state index contributed by atoms with van der Waals surface area (Å²) in [4.78, 5) is 39.0. The van der Waals surface area contributed by atoms with Gasteiger partial charge in [-0.05, 0) is 93.3 Å². The fourth-order valence-corrected chi connectivity index (χ4v) is 5.17. The highest BCUT2D eigenvalue weighted by atomic mass is 16.5. The van der Waals surface area contributed by atoms with Crippen LogP contribution in [-0.4, -0.2) is 46.0 Å². The summed E-state index contributed by atoms with van der Waals surface area (Å²) in [5.74, 6) is -0.719. The lowest BCUT2D eigenvalue weighted by Crippen LogP contribution is -2.54. The van der Waals surface area contributed by atoms with Gasteiger partial charge < -0.3 is 20.1 Å². The number of rotatable bonds is 7. The molecule has 2 aliphatic rings. The highest BCUT2D eigenvalue weighted by Gasteiger charge is 2.49. The highest BCUT2D eigenvalue weighted by Crippen LogP contribution is 2.38. The quantitative estimate of drug-likeness (QED) is 0.639. The average molecular weight is 465 g/mol. The van der Waals surface area contributed by atoms with Gasteiger partial charge >= 0.3 is 5.97 Å². The lowest BCUT2D eigenvalue weighted by atomic mass is 9.99. The van der Waals surface area contributed by atoms with Gasteiger partial charge in [-0.1, -0.05) is 18.2 Å². The summed E-state index contributed by atoms with van der Waals surface area (Å²) in [6, 6.07) is 12.4. The molecule has 180 valence electrons. The molecule has 2 aromatic carbocycles. The minimum atomic E-state index is -1.01. The van der Waals surface area contributed by atoms with Crippen molar-refractivity contribution in [3.05, 3.63) is 59.2 Å². The lowest BCUT2D eigenvalue weighted by Gasteiger charge is -2.34. The first kappa shape index (κ1) is 23.8. The summed E-state index contributed by atoms with van der Waals surface area (Å²) in [6.45, 7) is 4.44. The Morgan fingerprint density at radius 2 is 1.68 bits per heavy atom. The maximum Gasteiger partial charge on any atom is 0.326 e. The van der Waals surface area contributed by atoms with Crippen LogP contribution < -0.4 is 10.1 Å². The molecule has 2 fully saturated rings. The maximum absolute atomic E-state index is 13.4. The van der Waals surface area contributed by atoms with E-state index in [1.807, 2.05) is 38.1 Å². The normalized spacial score (nSPS) is 19.1. The third kappa shape index (κ3) is 5.24. The molecule has 1 saturated heterocycles. The molecule has 2 N–H and O–H groups in total. The molecule has 0 radical (unpaired) electrons. The Morgan fingerprint density at radius 3 is 2.29 bits per heavy atom. The second-order valence-corrected chi connectivity index (χ2v) is 9.54. The number of amides is 2. The number of carbonyl (C=O) groups is 3. The van der Waals surface area contributed by atoms with Gasteiger partial charge in [-0.3, -0.25) is 9.59 Å². The molecule has 0 bridgehead atoms. The summed E-state index contributed by atoms with van der Waals surface area (Å²) in [6.07, 6.45) is 4.30. The van der Waals surface area contributed by atoms with Gasteiger partial charge in [0.15, 0.2) is 5.60 Å². The molecule has 34 heavy (non-hydrogen) atoms. The van der Waals surface area contributed by atoms with E-state index < -0.39 is 17.6 Å². The number of benzene rings is 2. The minimum absolute atomic E-state index is 0.102. The van der Waals surface area contributed by atoms with Gasteiger partial charge in [0.2, 0.25) is 5.91 Å². The van der Waals surface area contributed by atoms with Crippen molar-refractivity contribution in [1.82, 2.24) is 4.90 Å². The summed E-state index contributed by atoms with van der Waals surface area (Å²) >= 11 is 0. The van der Waals surface area contributed by atoms with Crippen molar-refractivity contribution in [3.63, 3.8) is 0 Å². The van der Waals surface area contributed by atoms with E-state index in [4.69, 9.17) is 4.74 Å². The van der Waals surface area contributed by atoms with Gasteiger partial charge in [0.1, 0.15) is 11.8 Å². The minimum Gasteiger partial charge on any atom is -0.480 e. The first-order valence-electron chi connectivity index (χ1n) is 12.0. The highest BCUT2D eigenvalue weighted by molar-refractivity contribution is 5.92. The molecule has 0 unspecified atom stereocenters. The van der Waals surface area contributed by atoms with Crippen LogP contribution in [0.3, 0.4) is 0 Å². The van der Waals surface area contributed by atoms with Gasteiger partial charge in [0.05, 0.1) is 6.42 Å². The largest absolute Gasteiger partial charge is 0.480 e. The van der Waals surface area contributed by atoms with Crippen LogP contribution in [0.4, 0.5) is 5.69 Å². The summed E-state index contributed by atoms with van der Waals surface area (Å²) in [5, 5.41) is 12.4. The summed E-state index contributed by atoms with van der Waals surface area (Å²) in [7, 11) is 0. The van der Waals surface area contributed by atoms with E-state index in [9.17, 15) is 19.5 Å². The van der Waals surface area contributed by atoms with E-state index in [2.05, 4.69) is 11.4 Å². The number of anilines is 1. The SMILES string of the molecule is Cc1cc(C)cc(NC(=O)Cc2ccc(OC3(C(=O)N4CCC[C@H]4C(=O)O)CCCC3)cc2)c1. The molecule has 2 amide bonds. The average Bonchev–Trinajstić information content (AvgIpc) is 3.44. The molecule has 0 spiro atoms. The topological polar surface area (TPSA) is 95.9 Å². The Hall–Kier alpha value is -3.35. The molecule has 0 aromatic heterocycles. The van der Waals surface area contributed by atoms with E-state index in [-0.39, 0.29) is 18.2 Å². The Labute approximate surface area is 200 Å². The first-order chi connectivity index (χ1) is 16.3. The molecule has 7 nitrogen and oxygen atoms in total. The number of aryl methyl sites for hydroxylation is 2. The standard InChI is InChI=1S/C27H32N2O5/c1-18-14-19(2)16-21(15-18)28-24(30)17-20-7-9-22(10-8-20)34-27(11-3-4-12-27)26(33)29-13-5-6-23(29)25(31)32/h7-10,14-16,23H,3-6,11-13,17H2,1-2H3,(H,28,30)(H,31,32)/t23-/m0/s1. The molecule has 1 heterocycles. The Morgan fingerprint density at radius 1 is 1.03 bits per heavy atom. The van der Waals surface area contributed by atoms with Crippen LogP contribution in [-0.2, 0) is 20.8 Å². The van der Waals surface area contributed by atoms with Gasteiger partial charge in [-0.25, -0.2) is 4.79 Å². The van der Waals surface area contributed by atoms with Gasteiger partial charge in [0, 0.05) is 12.2 Å². The van der Waals surface area contributed by atoms with E-state index >= 15 is 0 Å². The van der Waals surface area contributed by atoms with Crippen LogP contribution >= 0.6 is 0 Å².